The van der Waals surface area contributed by atoms with Crippen LogP contribution in [0.4, 0.5) is 0 Å². The van der Waals surface area contributed by atoms with Crippen molar-refractivity contribution in [3.05, 3.63) is 33.8 Å². The number of rotatable bonds is 2. The van der Waals surface area contributed by atoms with E-state index in [9.17, 15) is 9.59 Å². The van der Waals surface area contributed by atoms with E-state index in [-0.39, 0.29) is 16.1 Å². The van der Waals surface area contributed by atoms with Crippen LogP contribution in [0.3, 0.4) is 0 Å². The Kier molecular flexibility index (Phi) is 2.76. The van der Waals surface area contributed by atoms with Crippen molar-refractivity contribution in [2.75, 3.05) is 0 Å². The summed E-state index contributed by atoms with van der Waals surface area (Å²) in [7, 11) is 0. The molecule has 0 fully saturated rings. The number of hydrogen-bond donors (Lipinski definition) is 2. The van der Waals surface area contributed by atoms with Crippen molar-refractivity contribution in [1.29, 1.82) is 0 Å². The van der Waals surface area contributed by atoms with Crippen LogP contribution in [0.25, 0.3) is 0 Å². The Bertz CT molecular complexity index is 372. The molecule has 4 nitrogen and oxygen atoms in total. The summed E-state index contributed by atoms with van der Waals surface area (Å²) >= 11 is 5.60. The lowest BCUT2D eigenvalue weighted by Gasteiger charge is -2.04. The minimum absolute atomic E-state index is 0.0139. The second kappa shape index (κ2) is 3.67. The lowest BCUT2D eigenvalue weighted by molar-refractivity contribution is 0.0680. The molecule has 0 aromatic heterocycles. The van der Waals surface area contributed by atoms with E-state index in [0.717, 1.165) is 6.07 Å². The smallest absolute Gasteiger partial charge is 0.337 e. The van der Waals surface area contributed by atoms with E-state index in [1.807, 2.05) is 0 Å². The summed E-state index contributed by atoms with van der Waals surface area (Å²) in [4.78, 5) is 21.3. The van der Waals surface area contributed by atoms with Gasteiger partial charge in [0.2, 0.25) is 0 Å². The summed E-state index contributed by atoms with van der Waals surface area (Å²) < 4.78 is 0. The van der Waals surface area contributed by atoms with Crippen LogP contribution in [-0.4, -0.2) is 22.2 Å². The number of aromatic carboxylic acids is 2. The number of halogens is 1. The first-order valence-corrected chi connectivity index (χ1v) is 4.08. The van der Waals surface area contributed by atoms with Crippen LogP contribution >= 0.6 is 11.6 Å². The molecule has 0 aliphatic heterocycles. The fourth-order valence-electron chi connectivity index (χ4n) is 1.08. The van der Waals surface area contributed by atoms with Gasteiger partial charge < -0.3 is 10.2 Å². The Morgan fingerprint density at radius 2 is 1.64 bits per heavy atom. The molecule has 2 N–H and O–H groups in total. The molecule has 0 saturated heterocycles. The Hall–Kier alpha value is -1.55. The molecule has 0 amide bonds. The normalized spacial score (nSPS) is 9.86. The molecule has 14 heavy (non-hydrogen) atoms. The number of benzene rings is 1. The molecule has 0 atom stereocenters. The molecule has 0 bridgehead atoms. The number of hydrogen-bond acceptors (Lipinski definition) is 2. The largest absolute Gasteiger partial charge is 0.478 e. The van der Waals surface area contributed by atoms with Crippen LogP contribution in [0.5, 0.6) is 0 Å². The van der Waals surface area contributed by atoms with Crippen LogP contribution in [0.2, 0.25) is 5.02 Å². The molecule has 0 spiro atoms. The van der Waals surface area contributed by atoms with Crippen molar-refractivity contribution in [2.24, 2.45) is 0 Å². The number of aryl methyl sites for hydroxylation is 1. The zero-order valence-corrected chi connectivity index (χ0v) is 8.00. The summed E-state index contributed by atoms with van der Waals surface area (Å²) in [5.41, 5.74) is 0.300. The van der Waals surface area contributed by atoms with E-state index in [4.69, 9.17) is 21.8 Å². The van der Waals surface area contributed by atoms with Crippen molar-refractivity contribution >= 4 is 23.5 Å². The molecule has 0 unspecified atom stereocenters. The molecule has 0 saturated carbocycles. The first-order chi connectivity index (χ1) is 6.43. The van der Waals surface area contributed by atoms with E-state index < -0.39 is 11.9 Å². The average molecular weight is 215 g/mol. The zero-order valence-electron chi connectivity index (χ0n) is 7.24. The number of carboxylic acids is 2. The summed E-state index contributed by atoms with van der Waals surface area (Å²) in [6, 6.07) is 2.39. The highest BCUT2D eigenvalue weighted by atomic mass is 35.5. The van der Waals surface area contributed by atoms with Gasteiger partial charge >= 0.3 is 11.9 Å². The average Bonchev–Trinajstić information content (AvgIpc) is 2.07. The van der Waals surface area contributed by atoms with Gasteiger partial charge in [-0.2, -0.15) is 0 Å². The maximum Gasteiger partial charge on any atom is 0.337 e. The Balaban J connectivity index is 3.38. The lowest BCUT2D eigenvalue weighted by Crippen LogP contribution is -2.04. The van der Waals surface area contributed by atoms with Crippen LogP contribution in [0, 0.1) is 6.92 Å². The summed E-state index contributed by atoms with van der Waals surface area (Å²) in [5.74, 6) is -2.30. The van der Waals surface area contributed by atoms with E-state index >= 15 is 0 Å². The molecule has 1 aromatic rings. The minimum Gasteiger partial charge on any atom is -0.478 e. The van der Waals surface area contributed by atoms with Crippen molar-refractivity contribution < 1.29 is 19.8 Å². The van der Waals surface area contributed by atoms with Crippen LogP contribution in [0.15, 0.2) is 12.1 Å². The van der Waals surface area contributed by atoms with Crippen molar-refractivity contribution in [2.45, 2.75) is 6.92 Å². The van der Waals surface area contributed by atoms with Crippen LogP contribution in [-0.2, 0) is 0 Å². The van der Waals surface area contributed by atoms with E-state index in [2.05, 4.69) is 0 Å². The second-order valence-electron chi connectivity index (χ2n) is 2.76. The predicted molar refractivity (Wildman–Crippen MR) is 50.1 cm³/mol. The molecule has 0 aliphatic rings. The summed E-state index contributed by atoms with van der Waals surface area (Å²) in [6.07, 6.45) is 0. The highest BCUT2D eigenvalue weighted by molar-refractivity contribution is 6.33. The SMILES string of the molecule is Cc1cc(C(=O)O)c(Cl)cc1C(=O)O. The van der Waals surface area contributed by atoms with Crippen molar-refractivity contribution in [3.8, 4) is 0 Å². The molecule has 0 heterocycles. The van der Waals surface area contributed by atoms with E-state index in [1.165, 1.54) is 13.0 Å². The quantitative estimate of drug-likeness (QED) is 0.790. The molecule has 0 radical (unpaired) electrons. The maximum atomic E-state index is 10.6. The van der Waals surface area contributed by atoms with Gasteiger partial charge in [0.25, 0.3) is 0 Å². The third-order valence-corrected chi connectivity index (χ3v) is 2.09. The fraction of sp³-hybridized carbons (Fsp3) is 0.111. The summed E-state index contributed by atoms with van der Waals surface area (Å²) in [5, 5.41) is 17.3. The first kappa shape index (κ1) is 10.5. The number of carboxylic acid groups (broad SMARTS) is 2. The van der Waals surface area contributed by atoms with Crippen LogP contribution < -0.4 is 0 Å². The van der Waals surface area contributed by atoms with Gasteiger partial charge in [0.05, 0.1) is 16.1 Å². The first-order valence-electron chi connectivity index (χ1n) is 3.70. The van der Waals surface area contributed by atoms with Gasteiger partial charge in [0.1, 0.15) is 0 Å². The fourth-order valence-corrected chi connectivity index (χ4v) is 1.32. The van der Waals surface area contributed by atoms with E-state index in [1.54, 1.807) is 0 Å². The molecule has 5 heteroatoms. The lowest BCUT2D eigenvalue weighted by atomic mass is 10.1. The highest BCUT2D eigenvalue weighted by Crippen LogP contribution is 2.21. The molecular formula is C9H7ClO4. The van der Waals surface area contributed by atoms with Crippen molar-refractivity contribution in [3.63, 3.8) is 0 Å². The molecule has 1 aromatic carbocycles. The zero-order chi connectivity index (χ0) is 10.9. The van der Waals surface area contributed by atoms with Gasteiger partial charge in [-0.3, -0.25) is 0 Å². The standard InChI is InChI=1S/C9H7ClO4/c1-4-2-6(9(13)14)7(10)3-5(4)8(11)12/h2-3H,1H3,(H,11,12)(H,13,14). The van der Waals surface area contributed by atoms with Gasteiger partial charge in [0, 0.05) is 0 Å². The van der Waals surface area contributed by atoms with Gasteiger partial charge in [-0.15, -0.1) is 0 Å². The van der Waals surface area contributed by atoms with Gasteiger partial charge in [-0.05, 0) is 24.6 Å². The molecule has 0 aliphatic carbocycles. The second-order valence-corrected chi connectivity index (χ2v) is 3.16. The third-order valence-electron chi connectivity index (χ3n) is 1.77. The van der Waals surface area contributed by atoms with Gasteiger partial charge in [0.15, 0.2) is 0 Å². The van der Waals surface area contributed by atoms with Crippen LogP contribution in [0.1, 0.15) is 26.3 Å². The van der Waals surface area contributed by atoms with Gasteiger partial charge in [-0.1, -0.05) is 11.6 Å². The summed E-state index contributed by atoms with van der Waals surface area (Å²) in [6.45, 7) is 1.52. The molecule has 1 rings (SSSR count). The topological polar surface area (TPSA) is 74.6 Å². The predicted octanol–water partition coefficient (Wildman–Crippen LogP) is 2.04. The van der Waals surface area contributed by atoms with Crippen molar-refractivity contribution in [1.82, 2.24) is 0 Å². The van der Waals surface area contributed by atoms with Gasteiger partial charge in [-0.25, -0.2) is 9.59 Å². The Morgan fingerprint density at radius 3 is 2.07 bits per heavy atom. The number of carbonyl (C=O) groups is 2. The highest BCUT2D eigenvalue weighted by Gasteiger charge is 2.14. The maximum absolute atomic E-state index is 10.6. The molecular weight excluding hydrogens is 208 g/mol. The third kappa shape index (κ3) is 1.85. The van der Waals surface area contributed by atoms with E-state index in [0.29, 0.717) is 5.56 Å². The monoisotopic (exact) mass is 214 g/mol. The molecule has 74 valence electrons. The Morgan fingerprint density at radius 1 is 1.14 bits per heavy atom. The Labute approximate surface area is 84.7 Å². The minimum atomic E-state index is -1.17.